The molecule has 0 aromatic heterocycles. The van der Waals surface area contributed by atoms with E-state index < -0.39 is 16.0 Å². The summed E-state index contributed by atoms with van der Waals surface area (Å²) >= 11 is 7.45. The van der Waals surface area contributed by atoms with Crippen molar-refractivity contribution in [3.8, 4) is 11.5 Å². The summed E-state index contributed by atoms with van der Waals surface area (Å²) in [5, 5.41) is 15.3. The van der Waals surface area contributed by atoms with Crippen molar-refractivity contribution in [1.29, 1.82) is 5.41 Å². The van der Waals surface area contributed by atoms with E-state index in [1.807, 2.05) is 0 Å². The molecule has 9 nitrogen and oxygen atoms in total. The summed E-state index contributed by atoms with van der Waals surface area (Å²) in [5.74, 6) is -0.765. The van der Waals surface area contributed by atoms with Gasteiger partial charge in [-0.3, -0.25) is 10.2 Å². The zero-order chi connectivity index (χ0) is 22.1. The number of fused-ring (bicyclic) bond motifs is 1. The van der Waals surface area contributed by atoms with Crippen molar-refractivity contribution >= 4 is 61.5 Å². The molecule has 160 valence electrons. The van der Waals surface area contributed by atoms with Gasteiger partial charge in [-0.05, 0) is 48.4 Å². The van der Waals surface area contributed by atoms with Gasteiger partial charge in [-0.25, -0.2) is 0 Å². The maximum atomic E-state index is 12.5. The van der Waals surface area contributed by atoms with Crippen LogP contribution in [-0.4, -0.2) is 48.7 Å². The van der Waals surface area contributed by atoms with Crippen LogP contribution in [0.4, 0.5) is 0 Å². The van der Waals surface area contributed by atoms with Crippen molar-refractivity contribution in [2.75, 3.05) is 13.4 Å². The molecule has 3 rings (SSSR count). The number of halogens is 1. The fourth-order valence-electron chi connectivity index (χ4n) is 2.68. The fraction of sp³-hybridized carbons (Fsp3) is 0.333. The molecule has 0 spiro atoms. The molecule has 1 aromatic rings. The number of ether oxygens (including phenoxy) is 1. The van der Waals surface area contributed by atoms with Crippen molar-refractivity contribution in [2.45, 2.75) is 26.2 Å². The van der Waals surface area contributed by atoms with Crippen molar-refractivity contribution < 1.29 is 22.1 Å². The largest absolute Gasteiger partial charge is 0.493 e. The van der Waals surface area contributed by atoms with E-state index in [0.29, 0.717) is 10.7 Å². The van der Waals surface area contributed by atoms with Crippen LogP contribution >= 0.6 is 23.4 Å². The Kier molecular flexibility index (Phi) is 6.53. The number of hydrogen-bond donors (Lipinski definition) is 1. The number of nitrogens with zero attached hydrogens (tertiary/aromatic N) is 3. The first-order valence-electron chi connectivity index (χ1n) is 8.89. The third-order valence-corrected chi connectivity index (χ3v) is 5.76. The number of hydrazone groups is 1. The second-order valence-corrected chi connectivity index (χ2v) is 9.46. The van der Waals surface area contributed by atoms with Gasteiger partial charge < -0.3 is 8.92 Å². The zero-order valence-electron chi connectivity index (χ0n) is 16.4. The molecule has 0 aliphatic carbocycles. The van der Waals surface area contributed by atoms with Crippen molar-refractivity contribution in [3.63, 3.8) is 0 Å². The van der Waals surface area contributed by atoms with Gasteiger partial charge in [-0.2, -0.15) is 23.5 Å². The summed E-state index contributed by atoms with van der Waals surface area (Å²) in [5.41, 5.74) is 0.432. The Morgan fingerprint density at radius 3 is 2.73 bits per heavy atom. The highest BCUT2D eigenvalue weighted by molar-refractivity contribution is 8.26. The minimum absolute atomic E-state index is 0.0229. The molecule has 0 saturated carbocycles. The summed E-state index contributed by atoms with van der Waals surface area (Å²) in [7, 11) is -2.49. The van der Waals surface area contributed by atoms with Gasteiger partial charge in [-0.15, -0.1) is 0 Å². The SMILES string of the molecule is CCCCC1=NN2C(=N)C(=Cc3cc(Cl)c(OS(C)(=O)=O)c(OC)c3)C(=O)N=C2S1. The number of hydrogen-bond acceptors (Lipinski definition) is 8. The molecule has 12 heteroatoms. The minimum Gasteiger partial charge on any atom is -0.493 e. The second kappa shape index (κ2) is 8.78. The van der Waals surface area contributed by atoms with Crippen LogP contribution in [0.3, 0.4) is 0 Å². The molecule has 0 radical (unpaired) electrons. The number of carbonyl (C=O) groups is 1. The average Bonchev–Trinajstić information content (AvgIpc) is 3.07. The average molecular weight is 471 g/mol. The number of rotatable bonds is 7. The standard InChI is InChI=1S/C18H19ClN4O5S2/c1-4-5-6-14-22-23-16(20)11(17(24)21-18(23)29-14)7-10-8-12(19)15(13(9-10)27-2)28-30(3,25)26/h7-9,20H,4-6H2,1-3H3. The summed E-state index contributed by atoms with van der Waals surface area (Å²) in [6, 6.07) is 2.86. The summed E-state index contributed by atoms with van der Waals surface area (Å²) in [6.45, 7) is 2.07. The Hall–Kier alpha value is -2.37. The van der Waals surface area contributed by atoms with E-state index in [1.165, 1.54) is 42.1 Å². The van der Waals surface area contributed by atoms with Gasteiger partial charge in [0.1, 0.15) is 5.04 Å². The van der Waals surface area contributed by atoms with Crippen LogP contribution in [0.1, 0.15) is 31.7 Å². The molecule has 0 saturated heterocycles. The Morgan fingerprint density at radius 2 is 2.10 bits per heavy atom. The summed E-state index contributed by atoms with van der Waals surface area (Å²) < 4.78 is 33.0. The maximum absolute atomic E-state index is 12.5. The van der Waals surface area contributed by atoms with Gasteiger partial charge in [0, 0.05) is 0 Å². The van der Waals surface area contributed by atoms with Crippen LogP contribution < -0.4 is 8.92 Å². The van der Waals surface area contributed by atoms with E-state index in [4.69, 9.17) is 25.9 Å². The lowest BCUT2D eigenvalue weighted by Gasteiger charge is -2.20. The van der Waals surface area contributed by atoms with Crippen LogP contribution in [0.15, 0.2) is 27.8 Å². The van der Waals surface area contributed by atoms with Gasteiger partial charge in [0.05, 0.1) is 24.0 Å². The van der Waals surface area contributed by atoms with Crippen molar-refractivity contribution in [3.05, 3.63) is 28.3 Å². The molecule has 0 fully saturated rings. The highest BCUT2D eigenvalue weighted by Gasteiger charge is 2.35. The Labute approximate surface area is 183 Å². The highest BCUT2D eigenvalue weighted by Crippen LogP contribution is 2.38. The maximum Gasteiger partial charge on any atom is 0.306 e. The van der Waals surface area contributed by atoms with Crippen molar-refractivity contribution in [2.24, 2.45) is 10.1 Å². The number of amides is 1. The Morgan fingerprint density at radius 1 is 1.37 bits per heavy atom. The third-order valence-electron chi connectivity index (χ3n) is 4.04. The van der Waals surface area contributed by atoms with E-state index in [1.54, 1.807) is 0 Å². The monoisotopic (exact) mass is 470 g/mol. The van der Waals surface area contributed by atoms with Gasteiger partial charge in [0.25, 0.3) is 5.91 Å². The van der Waals surface area contributed by atoms with Crippen LogP contribution in [0, 0.1) is 5.41 Å². The van der Waals surface area contributed by atoms with Gasteiger partial charge in [-0.1, -0.05) is 24.9 Å². The number of nitrogens with one attached hydrogen (secondary N) is 1. The first-order valence-corrected chi connectivity index (χ1v) is 11.9. The minimum atomic E-state index is -3.82. The highest BCUT2D eigenvalue weighted by atomic mass is 35.5. The second-order valence-electron chi connectivity index (χ2n) is 6.44. The Balaban J connectivity index is 1.95. The molecule has 1 aromatic carbocycles. The topological polar surface area (TPSA) is 121 Å². The van der Waals surface area contributed by atoms with Crippen LogP contribution in [0.25, 0.3) is 6.08 Å². The number of methoxy groups -OCH3 is 1. The lowest BCUT2D eigenvalue weighted by Crippen LogP contribution is -2.35. The number of aliphatic imine (C=N–C) groups is 1. The first-order chi connectivity index (χ1) is 14.1. The van der Waals surface area contributed by atoms with E-state index in [-0.39, 0.29) is 27.9 Å². The number of amidine groups is 2. The Bertz CT molecular complexity index is 1110. The lowest BCUT2D eigenvalue weighted by molar-refractivity contribution is -0.114. The fourth-order valence-corrected chi connectivity index (χ4v) is 4.39. The molecule has 1 N–H and O–H groups in total. The number of carbonyl (C=O) groups excluding carboxylic acids is 1. The molecule has 2 aliphatic rings. The van der Waals surface area contributed by atoms with Crippen LogP contribution in [0.2, 0.25) is 5.02 Å². The van der Waals surface area contributed by atoms with Crippen LogP contribution in [0.5, 0.6) is 11.5 Å². The predicted octanol–water partition coefficient (Wildman–Crippen LogP) is 3.50. The molecular formula is C18H19ClN4O5S2. The molecular weight excluding hydrogens is 452 g/mol. The quantitative estimate of drug-likeness (QED) is 0.478. The van der Waals surface area contributed by atoms with Gasteiger partial charge in [0.2, 0.25) is 10.9 Å². The molecule has 0 unspecified atom stereocenters. The van der Waals surface area contributed by atoms with E-state index in [9.17, 15) is 13.2 Å². The molecule has 1 amide bonds. The third kappa shape index (κ3) is 4.85. The zero-order valence-corrected chi connectivity index (χ0v) is 18.8. The van der Waals surface area contributed by atoms with Crippen molar-refractivity contribution in [1.82, 2.24) is 5.01 Å². The molecule has 0 atom stereocenters. The van der Waals surface area contributed by atoms with E-state index in [2.05, 4.69) is 17.0 Å². The lowest BCUT2D eigenvalue weighted by atomic mass is 10.1. The molecule has 2 heterocycles. The van der Waals surface area contributed by atoms with Gasteiger partial charge in [0.15, 0.2) is 11.6 Å². The smallest absolute Gasteiger partial charge is 0.306 e. The molecule has 30 heavy (non-hydrogen) atoms. The normalized spacial score (nSPS) is 17.7. The number of benzene rings is 1. The first kappa shape index (κ1) is 22.3. The van der Waals surface area contributed by atoms with E-state index >= 15 is 0 Å². The summed E-state index contributed by atoms with van der Waals surface area (Å²) in [4.78, 5) is 16.5. The van der Waals surface area contributed by atoms with E-state index in [0.717, 1.165) is 30.6 Å². The summed E-state index contributed by atoms with van der Waals surface area (Å²) in [6.07, 6.45) is 5.03. The predicted molar refractivity (Wildman–Crippen MR) is 118 cm³/mol. The molecule has 2 aliphatic heterocycles. The number of unbranched alkanes of at least 4 members (excludes halogenated alkanes) is 1. The van der Waals surface area contributed by atoms with Crippen LogP contribution in [-0.2, 0) is 14.9 Å². The molecule has 0 bridgehead atoms. The van der Waals surface area contributed by atoms with Gasteiger partial charge >= 0.3 is 10.1 Å². The number of thioether (sulfide) groups is 1.